The van der Waals surface area contributed by atoms with Crippen molar-refractivity contribution in [2.45, 2.75) is 20.4 Å². The van der Waals surface area contributed by atoms with Crippen LogP contribution in [0.4, 0.5) is 0 Å². The fraction of sp³-hybridized carbons (Fsp3) is 0.400. The van der Waals surface area contributed by atoms with Crippen LogP contribution in [-0.2, 0) is 16.1 Å². The Hall–Kier alpha value is -2.15. The highest BCUT2D eigenvalue weighted by Crippen LogP contribution is 2.63. The van der Waals surface area contributed by atoms with E-state index < -0.39 is 0 Å². The van der Waals surface area contributed by atoms with Crippen LogP contribution in [0.1, 0.15) is 25.0 Å². The molecule has 4 heteroatoms. The summed E-state index contributed by atoms with van der Waals surface area (Å²) in [6.07, 6.45) is 0. The fourth-order valence-electron chi connectivity index (χ4n) is 3.10. The Morgan fingerprint density at radius 3 is 2.37 bits per heavy atom. The first kappa shape index (κ1) is 11.9. The highest BCUT2D eigenvalue weighted by molar-refractivity contribution is 6.10. The Labute approximate surface area is 111 Å². The second-order valence-corrected chi connectivity index (χ2v) is 5.81. The molecular weight excluding hydrogens is 240 g/mol. The first-order valence-electron chi connectivity index (χ1n) is 6.31. The summed E-state index contributed by atoms with van der Waals surface area (Å²) < 4.78 is 0. The molecule has 2 fully saturated rings. The van der Waals surface area contributed by atoms with Gasteiger partial charge < -0.3 is 0 Å². The van der Waals surface area contributed by atoms with Gasteiger partial charge in [-0.3, -0.25) is 14.5 Å². The SMILES string of the molecule is CC1(C)C2C(=O)N(Cc3ccccc3C#N)C(=O)C21. The van der Waals surface area contributed by atoms with Gasteiger partial charge in [-0.05, 0) is 17.0 Å². The van der Waals surface area contributed by atoms with Gasteiger partial charge in [-0.2, -0.15) is 5.26 Å². The van der Waals surface area contributed by atoms with Crippen LogP contribution in [0.3, 0.4) is 0 Å². The monoisotopic (exact) mass is 254 g/mol. The minimum Gasteiger partial charge on any atom is -0.278 e. The second kappa shape index (κ2) is 3.67. The van der Waals surface area contributed by atoms with Crippen LogP contribution in [0.2, 0.25) is 0 Å². The number of nitrogens with zero attached hydrogens (tertiary/aromatic N) is 2. The quantitative estimate of drug-likeness (QED) is 0.755. The number of carbonyl (C=O) groups is 2. The Bertz CT molecular complexity index is 603. The summed E-state index contributed by atoms with van der Waals surface area (Å²) in [5.41, 5.74) is 1.06. The molecule has 0 aromatic heterocycles. The maximum atomic E-state index is 12.2. The topological polar surface area (TPSA) is 61.2 Å². The molecule has 2 unspecified atom stereocenters. The lowest BCUT2D eigenvalue weighted by molar-refractivity contribution is -0.143. The largest absolute Gasteiger partial charge is 0.278 e. The summed E-state index contributed by atoms with van der Waals surface area (Å²) in [5.74, 6) is -0.496. The van der Waals surface area contributed by atoms with Crippen molar-refractivity contribution >= 4 is 11.8 Å². The Kier molecular flexibility index (Phi) is 2.30. The maximum absolute atomic E-state index is 12.2. The van der Waals surface area contributed by atoms with Crippen LogP contribution in [0.5, 0.6) is 0 Å². The van der Waals surface area contributed by atoms with Crippen LogP contribution in [0.15, 0.2) is 24.3 Å². The molecule has 1 saturated heterocycles. The number of likely N-dealkylation sites (tertiary alicyclic amines) is 1. The van der Waals surface area contributed by atoms with Crippen molar-refractivity contribution in [2.24, 2.45) is 17.3 Å². The molecule has 1 saturated carbocycles. The predicted octanol–water partition coefficient (Wildman–Crippen LogP) is 1.70. The van der Waals surface area contributed by atoms with Crippen LogP contribution >= 0.6 is 0 Å². The molecule has 0 spiro atoms. The standard InChI is InChI=1S/C15H14N2O2/c1-15(2)11-12(15)14(19)17(13(11)18)8-10-6-4-3-5-9(10)7-16/h3-6,11-12H,8H2,1-2H3. The van der Waals surface area contributed by atoms with E-state index in [2.05, 4.69) is 6.07 Å². The van der Waals surface area contributed by atoms with E-state index in [0.717, 1.165) is 5.56 Å². The minimum absolute atomic E-state index is 0.0901. The molecule has 19 heavy (non-hydrogen) atoms. The minimum atomic E-state index is -0.181. The number of amides is 2. The Balaban J connectivity index is 1.85. The predicted molar refractivity (Wildman–Crippen MR) is 67.5 cm³/mol. The smallest absolute Gasteiger partial charge is 0.233 e. The first-order valence-corrected chi connectivity index (χ1v) is 6.31. The lowest BCUT2D eigenvalue weighted by atomic mass is 10.0. The van der Waals surface area contributed by atoms with Crippen molar-refractivity contribution in [1.82, 2.24) is 4.90 Å². The lowest BCUT2D eigenvalue weighted by Crippen LogP contribution is -2.35. The van der Waals surface area contributed by atoms with Gasteiger partial charge in [-0.15, -0.1) is 0 Å². The number of nitriles is 1. The zero-order valence-electron chi connectivity index (χ0n) is 10.9. The van der Waals surface area contributed by atoms with Crippen molar-refractivity contribution in [1.29, 1.82) is 5.26 Å². The van der Waals surface area contributed by atoms with Crippen LogP contribution < -0.4 is 0 Å². The summed E-state index contributed by atoms with van der Waals surface area (Å²) in [4.78, 5) is 25.7. The third-order valence-electron chi connectivity index (χ3n) is 4.36. The van der Waals surface area contributed by atoms with Crippen molar-refractivity contribution in [3.05, 3.63) is 35.4 Å². The van der Waals surface area contributed by atoms with E-state index in [1.807, 2.05) is 19.9 Å². The zero-order chi connectivity index (χ0) is 13.8. The molecule has 0 N–H and O–H groups in total. The second-order valence-electron chi connectivity index (χ2n) is 5.81. The molecule has 4 nitrogen and oxygen atoms in total. The van der Waals surface area contributed by atoms with Gasteiger partial charge in [0.15, 0.2) is 0 Å². The van der Waals surface area contributed by atoms with E-state index in [1.54, 1.807) is 18.2 Å². The average molecular weight is 254 g/mol. The van der Waals surface area contributed by atoms with Crippen molar-refractivity contribution in [3.63, 3.8) is 0 Å². The van der Waals surface area contributed by atoms with Crippen LogP contribution in [0, 0.1) is 28.6 Å². The summed E-state index contributed by atoms with van der Waals surface area (Å²) in [5, 5.41) is 9.03. The van der Waals surface area contributed by atoms with E-state index in [-0.39, 0.29) is 35.6 Å². The lowest BCUT2D eigenvalue weighted by Gasteiger charge is -2.20. The summed E-state index contributed by atoms with van der Waals surface area (Å²) >= 11 is 0. The molecule has 3 rings (SSSR count). The van der Waals surface area contributed by atoms with E-state index in [4.69, 9.17) is 5.26 Å². The van der Waals surface area contributed by atoms with Gasteiger partial charge in [0, 0.05) is 0 Å². The van der Waals surface area contributed by atoms with Gasteiger partial charge in [0.05, 0.1) is 30.0 Å². The molecule has 2 atom stereocenters. The Morgan fingerprint density at radius 2 is 1.79 bits per heavy atom. The number of hydrogen-bond acceptors (Lipinski definition) is 3. The van der Waals surface area contributed by atoms with Crippen LogP contribution in [-0.4, -0.2) is 16.7 Å². The number of benzene rings is 1. The molecule has 1 aliphatic heterocycles. The van der Waals surface area contributed by atoms with E-state index >= 15 is 0 Å². The third kappa shape index (κ3) is 1.51. The van der Waals surface area contributed by atoms with Gasteiger partial charge in [-0.25, -0.2) is 0 Å². The number of imide groups is 1. The molecule has 2 amide bonds. The molecule has 0 bridgehead atoms. The number of rotatable bonds is 2. The van der Waals surface area contributed by atoms with Gasteiger partial charge in [0.2, 0.25) is 11.8 Å². The number of hydrogen-bond donors (Lipinski definition) is 0. The third-order valence-corrected chi connectivity index (χ3v) is 4.36. The van der Waals surface area contributed by atoms with Gasteiger partial charge in [0.25, 0.3) is 0 Å². The van der Waals surface area contributed by atoms with E-state index in [9.17, 15) is 9.59 Å². The van der Waals surface area contributed by atoms with Gasteiger partial charge in [0.1, 0.15) is 0 Å². The normalized spacial score (nSPS) is 27.1. The fourth-order valence-corrected chi connectivity index (χ4v) is 3.10. The molecule has 1 heterocycles. The summed E-state index contributed by atoms with van der Waals surface area (Å²) in [7, 11) is 0. The zero-order valence-corrected chi connectivity index (χ0v) is 10.9. The molecule has 2 aliphatic rings. The highest BCUT2D eigenvalue weighted by atomic mass is 16.2. The molecule has 1 aliphatic carbocycles. The van der Waals surface area contributed by atoms with Crippen molar-refractivity contribution < 1.29 is 9.59 Å². The van der Waals surface area contributed by atoms with Gasteiger partial charge >= 0.3 is 0 Å². The molecule has 0 radical (unpaired) electrons. The number of piperidine rings is 1. The van der Waals surface area contributed by atoms with Crippen molar-refractivity contribution in [2.75, 3.05) is 0 Å². The molecule has 1 aromatic rings. The van der Waals surface area contributed by atoms with Crippen molar-refractivity contribution in [3.8, 4) is 6.07 Å². The highest BCUT2D eigenvalue weighted by Gasteiger charge is 2.72. The number of fused-ring (bicyclic) bond motifs is 1. The molecular formula is C15H14N2O2. The maximum Gasteiger partial charge on any atom is 0.233 e. The first-order chi connectivity index (χ1) is 8.98. The molecule has 1 aromatic carbocycles. The summed E-state index contributed by atoms with van der Waals surface area (Å²) in [6, 6.07) is 9.16. The average Bonchev–Trinajstić information content (AvgIpc) is 2.86. The van der Waals surface area contributed by atoms with E-state index in [1.165, 1.54) is 4.90 Å². The summed E-state index contributed by atoms with van der Waals surface area (Å²) in [6.45, 7) is 4.13. The molecule has 96 valence electrons. The van der Waals surface area contributed by atoms with Gasteiger partial charge in [-0.1, -0.05) is 32.0 Å². The van der Waals surface area contributed by atoms with Crippen LogP contribution in [0.25, 0.3) is 0 Å². The van der Waals surface area contributed by atoms with E-state index in [0.29, 0.717) is 5.56 Å². The Morgan fingerprint density at radius 1 is 1.21 bits per heavy atom. The number of carbonyl (C=O) groups excluding carboxylic acids is 2.